The highest BCUT2D eigenvalue weighted by Crippen LogP contribution is 2.33. The number of aryl methyl sites for hydroxylation is 1. The minimum absolute atomic E-state index is 0.110. The lowest BCUT2D eigenvalue weighted by atomic mass is 10.1. The molecule has 0 aliphatic heterocycles. The number of rotatable bonds is 5. The number of benzene rings is 2. The Labute approximate surface area is 175 Å². The van der Waals surface area contributed by atoms with Crippen LogP contribution in [0.1, 0.15) is 10.5 Å². The third-order valence-corrected chi connectivity index (χ3v) is 4.86. The SMILES string of the molecule is COc1ccc(OC)c(-c2nc(C(N)=O)c3c(n2)n(-c2ccc(F)cc2)c(=O)n3C)c1. The normalized spacial score (nSPS) is 11.0. The van der Waals surface area contributed by atoms with Crippen molar-refractivity contribution in [3.8, 4) is 28.6 Å². The van der Waals surface area contributed by atoms with Gasteiger partial charge in [-0.2, -0.15) is 0 Å². The summed E-state index contributed by atoms with van der Waals surface area (Å²) in [5, 5.41) is 0. The summed E-state index contributed by atoms with van der Waals surface area (Å²) in [4.78, 5) is 34.1. The number of hydrogen-bond acceptors (Lipinski definition) is 6. The van der Waals surface area contributed by atoms with Gasteiger partial charge in [-0.1, -0.05) is 0 Å². The maximum absolute atomic E-state index is 13.4. The first-order valence-electron chi connectivity index (χ1n) is 9.13. The fourth-order valence-corrected chi connectivity index (χ4v) is 3.35. The standard InChI is InChI=1S/C21H18FN5O4/c1-26-17-16(18(23)28)24-19(14-10-13(30-2)8-9-15(14)31-3)25-20(17)27(21(26)29)12-6-4-11(22)5-7-12/h4-10H,1-3H3,(H2,23,28). The van der Waals surface area contributed by atoms with E-state index in [1.807, 2.05) is 0 Å². The van der Waals surface area contributed by atoms with Crippen molar-refractivity contribution in [3.05, 3.63) is 64.5 Å². The minimum Gasteiger partial charge on any atom is -0.497 e. The fraction of sp³-hybridized carbons (Fsp3) is 0.143. The summed E-state index contributed by atoms with van der Waals surface area (Å²) in [5.41, 5.74) is 6.06. The molecule has 31 heavy (non-hydrogen) atoms. The molecule has 0 atom stereocenters. The summed E-state index contributed by atoms with van der Waals surface area (Å²) in [6.45, 7) is 0. The van der Waals surface area contributed by atoms with E-state index in [1.54, 1.807) is 18.2 Å². The average molecular weight is 423 g/mol. The third kappa shape index (κ3) is 3.27. The summed E-state index contributed by atoms with van der Waals surface area (Å²) in [7, 11) is 4.47. The lowest BCUT2D eigenvalue weighted by Crippen LogP contribution is -2.21. The number of halogens is 1. The zero-order valence-corrected chi connectivity index (χ0v) is 16.9. The van der Waals surface area contributed by atoms with Crippen LogP contribution >= 0.6 is 0 Å². The monoisotopic (exact) mass is 423 g/mol. The lowest BCUT2D eigenvalue weighted by molar-refractivity contribution is 0.0997. The van der Waals surface area contributed by atoms with Crippen LogP contribution in [0.15, 0.2) is 47.3 Å². The van der Waals surface area contributed by atoms with Gasteiger partial charge in [-0.05, 0) is 42.5 Å². The number of carbonyl (C=O) groups excluding carboxylic acids is 1. The molecule has 0 unspecified atom stereocenters. The van der Waals surface area contributed by atoms with Crippen LogP contribution in [-0.4, -0.2) is 39.2 Å². The molecule has 0 bridgehead atoms. The number of carbonyl (C=O) groups is 1. The van der Waals surface area contributed by atoms with E-state index in [1.165, 1.54) is 54.7 Å². The lowest BCUT2D eigenvalue weighted by Gasteiger charge is -2.11. The van der Waals surface area contributed by atoms with Crippen molar-refractivity contribution in [1.29, 1.82) is 0 Å². The molecule has 4 aromatic rings. The second kappa shape index (κ2) is 7.56. The van der Waals surface area contributed by atoms with Gasteiger partial charge >= 0.3 is 5.69 Å². The molecule has 0 radical (unpaired) electrons. The summed E-state index contributed by atoms with van der Waals surface area (Å²) in [6.07, 6.45) is 0. The molecular formula is C21H18FN5O4. The zero-order valence-electron chi connectivity index (χ0n) is 16.9. The Balaban J connectivity index is 2.11. The quantitative estimate of drug-likeness (QED) is 0.525. The molecule has 2 aromatic carbocycles. The number of hydrogen-bond donors (Lipinski definition) is 1. The number of aromatic nitrogens is 4. The molecule has 1 amide bonds. The smallest absolute Gasteiger partial charge is 0.334 e. The molecular weight excluding hydrogens is 405 g/mol. The number of ether oxygens (including phenoxy) is 2. The van der Waals surface area contributed by atoms with E-state index in [2.05, 4.69) is 9.97 Å². The van der Waals surface area contributed by atoms with Crippen molar-refractivity contribution < 1.29 is 18.7 Å². The van der Waals surface area contributed by atoms with E-state index in [4.69, 9.17) is 15.2 Å². The molecule has 4 rings (SSSR count). The van der Waals surface area contributed by atoms with Crippen molar-refractivity contribution in [3.63, 3.8) is 0 Å². The first kappa shape index (κ1) is 20.1. The van der Waals surface area contributed by atoms with Gasteiger partial charge in [0.25, 0.3) is 5.91 Å². The number of nitrogens with two attached hydrogens (primary N) is 1. The van der Waals surface area contributed by atoms with Gasteiger partial charge in [0.05, 0.1) is 25.5 Å². The van der Waals surface area contributed by atoms with E-state index in [9.17, 15) is 14.0 Å². The largest absolute Gasteiger partial charge is 0.497 e. The second-order valence-corrected chi connectivity index (χ2v) is 6.65. The molecule has 2 aromatic heterocycles. The molecule has 158 valence electrons. The number of fused-ring (bicyclic) bond motifs is 1. The van der Waals surface area contributed by atoms with Crippen LogP contribution in [-0.2, 0) is 7.05 Å². The highest BCUT2D eigenvalue weighted by atomic mass is 19.1. The van der Waals surface area contributed by atoms with E-state index in [0.717, 1.165) is 0 Å². The van der Waals surface area contributed by atoms with Crippen molar-refractivity contribution >= 4 is 17.1 Å². The predicted octanol–water partition coefficient (Wildman–Crippen LogP) is 2.04. The topological polar surface area (TPSA) is 114 Å². The van der Waals surface area contributed by atoms with Gasteiger partial charge in [-0.15, -0.1) is 0 Å². The number of imidazole rings is 1. The number of primary amides is 1. The molecule has 0 fully saturated rings. The third-order valence-electron chi connectivity index (χ3n) is 4.86. The van der Waals surface area contributed by atoms with Crippen LogP contribution in [0.2, 0.25) is 0 Å². The molecule has 9 nitrogen and oxygen atoms in total. The maximum atomic E-state index is 13.4. The van der Waals surface area contributed by atoms with E-state index >= 15 is 0 Å². The summed E-state index contributed by atoms with van der Waals surface area (Å²) in [5.74, 6) is -0.224. The van der Waals surface area contributed by atoms with Gasteiger partial charge in [0.15, 0.2) is 17.2 Å². The van der Waals surface area contributed by atoms with Crippen LogP contribution in [0.25, 0.3) is 28.2 Å². The molecule has 10 heteroatoms. The molecule has 0 aliphatic rings. The van der Waals surface area contributed by atoms with Crippen molar-refractivity contribution in [2.45, 2.75) is 0 Å². The fourth-order valence-electron chi connectivity index (χ4n) is 3.35. The molecule has 0 saturated carbocycles. The number of nitrogens with zero attached hydrogens (tertiary/aromatic N) is 4. The molecule has 0 spiro atoms. The Morgan fingerprint density at radius 1 is 1.06 bits per heavy atom. The van der Waals surface area contributed by atoms with E-state index in [-0.39, 0.29) is 22.7 Å². The van der Waals surface area contributed by atoms with Gasteiger partial charge < -0.3 is 15.2 Å². The van der Waals surface area contributed by atoms with Crippen molar-refractivity contribution in [1.82, 2.24) is 19.1 Å². The molecule has 0 saturated heterocycles. The van der Waals surface area contributed by atoms with Crippen molar-refractivity contribution in [2.75, 3.05) is 14.2 Å². The van der Waals surface area contributed by atoms with Crippen LogP contribution in [0.4, 0.5) is 4.39 Å². The molecule has 0 aliphatic carbocycles. The van der Waals surface area contributed by atoms with Crippen LogP contribution in [0.3, 0.4) is 0 Å². The van der Waals surface area contributed by atoms with Gasteiger partial charge in [0.2, 0.25) is 0 Å². The van der Waals surface area contributed by atoms with Gasteiger partial charge in [0, 0.05) is 7.05 Å². The van der Waals surface area contributed by atoms with E-state index < -0.39 is 17.4 Å². The van der Waals surface area contributed by atoms with Crippen LogP contribution in [0, 0.1) is 5.82 Å². The van der Waals surface area contributed by atoms with Gasteiger partial charge in [0.1, 0.15) is 22.8 Å². The van der Waals surface area contributed by atoms with Crippen molar-refractivity contribution in [2.24, 2.45) is 12.8 Å². The highest BCUT2D eigenvalue weighted by Gasteiger charge is 2.24. The summed E-state index contributed by atoms with van der Waals surface area (Å²) in [6, 6.07) is 10.3. The predicted molar refractivity (Wildman–Crippen MR) is 111 cm³/mol. The molecule has 2 heterocycles. The zero-order chi connectivity index (χ0) is 22.3. The summed E-state index contributed by atoms with van der Waals surface area (Å²) < 4.78 is 26.6. The first-order chi connectivity index (χ1) is 14.8. The Hall–Kier alpha value is -4.21. The van der Waals surface area contributed by atoms with Gasteiger partial charge in [-0.3, -0.25) is 9.36 Å². The van der Waals surface area contributed by atoms with Gasteiger partial charge in [-0.25, -0.2) is 23.7 Å². The first-order valence-corrected chi connectivity index (χ1v) is 9.13. The van der Waals surface area contributed by atoms with Crippen LogP contribution < -0.4 is 20.9 Å². The Morgan fingerprint density at radius 2 is 1.77 bits per heavy atom. The van der Waals surface area contributed by atoms with E-state index in [0.29, 0.717) is 22.7 Å². The van der Waals surface area contributed by atoms with Crippen LogP contribution in [0.5, 0.6) is 11.5 Å². The minimum atomic E-state index is -0.831. The maximum Gasteiger partial charge on any atom is 0.334 e. The Kier molecular flexibility index (Phi) is 4.90. The Bertz CT molecular complexity index is 1380. The average Bonchev–Trinajstić information content (AvgIpc) is 3.03. The highest BCUT2D eigenvalue weighted by molar-refractivity contribution is 6.02. The second-order valence-electron chi connectivity index (χ2n) is 6.65. The molecule has 2 N–H and O–H groups in total. The summed E-state index contributed by atoms with van der Waals surface area (Å²) >= 11 is 0. The number of methoxy groups -OCH3 is 2. The Morgan fingerprint density at radius 3 is 2.39 bits per heavy atom. The number of amides is 1.